The van der Waals surface area contributed by atoms with Crippen molar-refractivity contribution in [2.24, 2.45) is 0 Å². The minimum Gasteiger partial charge on any atom is -0.465 e. The molecular formula is C10H16N2O4. The van der Waals surface area contributed by atoms with Gasteiger partial charge in [0.2, 0.25) is 5.91 Å². The molecule has 1 N–H and O–H groups in total. The summed E-state index contributed by atoms with van der Waals surface area (Å²) < 4.78 is 5.16. The molecule has 2 saturated heterocycles. The first kappa shape index (κ1) is 11.2. The van der Waals surface area contributed by atoms with Crippen molar-refractivity contribution in [2.45, 2.75) is 18.9 Å². The second kappa shape index (κ2) is 4.69. The summed E-state index contributed by atoms with van der Waals surface area (Å²) in [6.45, 7) is 2.71. The normalized spacial score (nSPS) is 25.9. The van der Waals surface area contributed by atoms with Crippen LogP contribution in [0, 0.1) is 0 Å². The maximum atomic E-state index is 12.1. The van der Waals surface area contributed by atoms with Gasteiger partial charge in [0.15, 0.2) is 0 Å². The summed E-state index contributed by atoms with van der Waals surface area (Å²) in [5.41, 5.74) is 0. The highest BCUT2D eigenvalue weighted by molar-refractivity contribution is 5.86. The highest BCUT2D eigenvalue weighted by Gasteiger charge is 2.36. The largest absolute Gasteiger partial charge is 0.465 e. The Morgan fingerprint density at radius 1 is 1.19 bits per heavy atom. The number of hydrogen-bond acceptors (Lipinski definition) is 3. The molecule has 0 radical (unpaired) electrons. The zero-order valence-electron chi connectivity index (χ0n) is 9.09. The molecule has 0 aromatic carbocycles. The summed E-state index contributed by atoms with van der Waals surface area (Å²) in [4.78, 5) is 26.0. The highest BCUT2D eigenvalue weighted by Crippen LogP contribution is 2.19. The van der Waals surface area contributed by atoms with E-state index in [9.17, 15) is 9.59 Å². The van der Waals surface area contributed by atoms with Crippen molar-refractivity contribution in [3.8, 4) is 0 Å². The van der Waals surface area contributed by atoms with Crippen molar-refractivity contribution in [1.82, 2.24) is 9.80 Å². The van der Waals surface area contributed by atoms with Gasteiger partial charge in [-0.2, -0.15) is 0 Å². The number of likely N-dealkylation sites (tertiary alicyclic amines) is 1. The summed E-state index contributed by atoms with van der Waals surface area (Å²) >= 11 is 0. The van der Waals surface area contributed by atoms with E-state index in [-0.39, 0.29) is 5.91 Å². The summed E-state index contributed by atoms with van der Waals surface area (Å²) in [6.07, 6.45) is 0.416. The molecule has 2 heterocycles. The molecule has 16 heavy (non-hydrogen) atoms. The van der Waals surface area contributed by atoms with Gasteiger partial charge in [-0.25, -0.2) is 4.79 Å². The molecule has 6 nitrogen and oxygen atoms in total. The number of hydrogen-bond donors (Lipinski definition) is 1. The zero-order chi connectivity index (χ0) is 11.5. The standard InChI is InChI=1S/C10H16N2O4/c13-9(11-4-6-16-7-5-11)8-2-1-3-12(8)10(14)15/h8H,1-7H2,(H,14,15)/t8-/m1/s1. The summed E-state index contributed by atoms with van der Waals surface area (Å²) in [5.74, 6) is -0.0665. The van der Waals surface area contributed by atoms with Gasteiger partial charge < -0.3 is 14.7 Å². The van der Waals surface area contributed by atoms with Gasteiger partial charge in [-0.3, -0.25) is 9.69 Å². The average Bonchev–Trinajstić information content (AvgIpc) is 2.78. The fourth-order valence-corrected chi connectivity index (χ4v) is 2.25. The third-order valence-corrected chi connectivity index (χ3v) is 3.11. The van der Waals surface area contributed by atoms with Crippen molar-refractivity contribution in [3.63, 3.8) is 0 Å². The van der Waals surface area contributed by atoms with Gasteiger partial charge in [0.1, 0.15) is 6.04 Å². The number of morpholine rings is 1. The molecule has 0 saturated carbocycles. The van der Waals surface area contributed by atoms with E-state index in [1.165, 1.54) is 4.90 Å². The van der Waals surface area contributed by atoms with Gasteiger partial charge in [0.05, 0.1) is 13.2 Å². The molecule has 0 aromatic heterocycles. The number of carbonyl (C=O) groups excluding carboxylic acids is 1. The van der Waals surface area contributed by atoms with Gasteiger partial charge >= 0.3 is 6.09 Å². The molecule has 0 aliphatic carbocycles. The topological polar surface area (TPSA) is 70.1 Å². The van der Waals surface area contributed by atoms with Crippen LogP contribution in [0.3, 0.4) is 0 Å². The maximum Gasteiger partial charge on any atom is 0.407 e. The minimum atomic E-state index is -0.996. The third kappa shape index (κ3) is 2.11. The van der Waals surface area contributed by atoms with Crippen LogP contribution in [0.4, 0.5) is 4.79 Å². The molecule has 6 heteroatoms. The van der Waals surface area contributed by atoms with E-state index in [1.54, 1.807) is 4.90 Å². The van der Waals surface area contributed by atoms with E-state index in [2.05, 4.69) is 0 Å². The lowest BCUT2D eigenvalue weighted by Gasteiger charge is -2.31. The Balaban J connectivity index is 1.99. The SMILES string of the molecule is O=C([C@H]1CCCN1C(=O)O)N1CCOCC1. The summed E-state index contributed by atoms with van der Waals surface area (Å²) in [6, 6.07) is -0.476. The molecule has 2 fully saturated rings. The Bertz CT molecular complexity index is 289. The van der Waals surface area contributed by atoms with Gasteiger partial charge in [0, 0.05) is 19.6 Å². The molecule has 2 rings (SSSR count). The molecular weight excluding hydrogens is 212 g/mol. The van der Waals surface area contributed by atoms with Crippen molar-refractivity contribution >= 4 is 12.0 Å². The molecule has 0 aromatic rings. The lowest BCUT2D eigenvalue weighted by atomic mass is 10.2. The second-order valence-corrected chi connectivity index (χ2v) is 4.07. The van der Waals surface area contributed by atoms with E-state index < -0.39 is 12.1 Å². The number of carboxylic acid groups (broad SMARTS) is 1. The van der Waals surface area contributed by atoms with Gasteiger partial charge in [0.25, 0.3) is 0 Å². The Morgan fingerprint density at radius 3 is 2.50 bits per heavy atom. The summed E-state index contributed by atoms with van der Waals surface area (Å²) in [5, 5.41) is 8.96. The Kier molecular flexibility index (Phi) is 3.28. The van der Waals surface area contributed by atoms with Crippen LogP contribution in [0.25, 0.3) is 0 Å². The van der Waals surface area contributed by atoms with E-state index in [0.29, 0.717) is 39.3 Å². The number of amides is 2. The molecule has 2 amide bonds. The maximum absolute atomic E-state index is 12.1. The quantitative estimate of drug-likeness (QED) is 0.685. The Hall–Kier alpha value is -1.30. The Labute approximate surface area is 93.8 Å². The first-order valence-corrected chi connectivity index (χ1v) is 5.56. The van der Waals surface area contributed by atoms with Crippen LogP contribution in [-0.4, -0.2) is 65.8 Å². The molecule has 0 spiro atoms. The fourth-order valence-electron chi connectivity index (χ4n) is 2.25. The minimum absolute atomic E-state index is 0.0665. The molecule has 2 aliphatic heterocycles. The van der Waals surface area contributed by atoms with E-state index in [0.717, 1.165) is 6.42 Å². The molecule has 2 aliphatic rings. The van der Waals surface area contributed by atoms with Crippen LogP contribution in [0.15, 0.2) is 0 Å². The highest BCUT2D eigenvalue weighted by atomic mass is 16.5. The average molecular weight is 228 g/mol. The smallest absolute Gasteiger partial charge is 0.407 e. The van der Waals surface area contributed by atoms with Crippen LogP contribution in [0.1, 0.15) is 12.8 Å². The lowest BCUT2D eigenvalue weighted by Crippen LogP contribution is -2.50. The molecule has 1 atom stereocenters. The van der Waals surface area contributed by atoms with Crippen molar-refractivity contribution < 1.29 is 19.4 Å². The zero-order valence-corrected chi connectivity index (χ0v) is 9.09. The Morgan fingerprint density at radius 2 is 1.88 bits per heavy atom. The summed E-state index contributed by atoms with van der Waals surface area (Å²) in [7, 11) is 0. The number of nitrogens with zero attached hydrogens (tertiary/aromatic N) is 2. The van der Waals surface area contributed by atoms with Gasteiger partial charge in [-0.15, -0.1) is 0 Å². The first-order chi connectivity index (χ1) is 7.70. The van der Waals surface area contributed by atoms with Crippen molar-refractivity contribution in [1.29, 1.82) is 0 Å². The van der Waals surface area contributed by atoms with Crippen molar-refractivity contribution in [2.75, 3.05) is 32.8 Å². The number of rotatable bonds is 1. The molecule has 0 bridgehead atoms. The third-order valence-electron chi connectivity index (χ3n) is 3.11. The number of carbonyl (C=O) groups is 2. The molecule has 90 valence electrons. The number of ether oxygens (including phenoxy) is 1. The van der Waals surface area contributed by atoms with Gasteiger partial charge in [-0.1, -0.05) is 0 Å². The van der Waals surface area contributed by atoms with E-state index >= 15 is 0 Å². The monoisotopic (exact) mass is 228 g/mol. The van der Waals surface area contributed by atoms with Crippen LogP contribution in [0.2, 0.25) is 0 Å². The lowest BCUT2D eigenvalue weighted by molar-refractivity contribution is -0.139. The van der Waals surface area contributed by atoms with Crippen LogP contribution in [-0.2, 0) is 9.53 Å². The fraction of sp³-hybridized carbons (Fsp3) is 0.800. The van der Waals surface area contributed by atoms with Crippen LogP contribution >= 0.6 is 0 Å². The van der Waals surface area contributed by atoms with E-state index in [4.69, 9.17) is 9.84 Å². The second-order valence-electron chi connectivity index (χ2n) is 4.07. The van der Waals surface area contributed by atoms with Crippen LogP contribution < -0.4 is 0 Å². The van der Waals surface area contributed by atoms with Crippen LogP contribution in [0.5, 0.6) is 0 Å². The van der Waals surface area contributed by atoms with Gasteiger partial charge in [-0.05, 0) is 12.8 Å². The van der Waals surface area contributed by atoms with E-state index in [1.807, 2.05) is 0 Å². The predicted octanol–water partition coefficient (Wildman–Crippen LogP) is -0.0124. The van der Waals surface area contributed by atoms with Crippen molar-refractivity contribution in [3.05, 3.63) is 0 Å². The predicted molar refractivity (Wildman–Crippen MR) is 55.2 cm³/mol. The molecule has 0 unspecified atom stereocenters. The first-order valence-electron chi connectivity index (χ1n) is 5.56.